The van der Waals surface area contributed by atoms with Gasteiger partial charge in [-0.3, -0.25) is 0 Å². The molecule has 1 heterocycles. The quantitative estimate of drug-likeness (QED) is 0.867. The summed E-state index contributed by atoms with van der Waals surface area (Å²) in [6, 6.07) is 7.95. The standard InChI is InChI=1S/C15H20N2O2/c1-12(2)14-5-3-4-6-15(14)19-10-13(18)9-17-8-7-16-11-17/h3-8,11-13,18H,9-10H2,1-2H3. The number of imidazole rings is 1. The van der Waals surface area contributed by atoms with Gasteiger partial charge in [0.05, 0.1) is 12.9 Å². The molecule has 1 aromatic heterocycles. The van der Waals surface area contributed by atoms with Crippen molar-refractivity contribution in [3.05, 3.63) is 48.5 Å². The number of nitrogens with zero attached hydrogens (tertiary/aromatic N) is 2. The topological polar surface area (TPSA) is 47.3 Å². The van der Waals surface area contributed by atoms with Gasteiger partial charge < -0.3 is 14.4 Å². The summed E-state index contributed by atoms with van der Waals surface area (Å²) in [5.41, 5.74) is 1.16. The molecule has 0 aliphatic heterocycles. The molecule has 0 saturated carbocycles. The van der Waals surface area contributed by atoms with Crippen molar-refractivity contribution in [2.45, 2.75) is 32.4 Å². The number of hydrogen-bond acceptors (Lipinski definition) is 3. The highest BCUT2D eigenvalue weighted by Crippen LogP contribution is 2.25. The Kier molecular flexibility index (Phi) is 4.58. The van der Waals surface area contributed by atoms with E-state index in [9.17, 15) is 5.11 Å². The van der Waals surface area contributed by atoms with Gasteiger partial charge in [-0.1, -0.05) is 32.0 Å². The molecular weight excluding hydrogens is 240 g/mol. The molecular formula is C15H20N2O2. The molecule has 2 rings (SSSR count). The highest BCUT2D eigenvalue weighted by molar-refractivity contribution is 5.35. The summed E-state index contributed by atoms with van der Waals surface area (Å²) in [6.07, 6.45) is 4.66. The fourth-order valence-corrected chi connectivity index (χ4v) is 1.97. The summed E-state index contributed by atoms with van der Waals surface area (Å²) in [6.45, 7) is 5.03. The first-order valence-corrected chi connectivity index (χ1v) is 6.52. The maximum atomic E-state index is 9.94. The van der Waals surface area contributed by atoms with Gasteiger partial charge in [-0.15, -0.1) is 0 Å². The molecule has 19 heavy (non-hydrogen) atoms. The molecule has 0 aliphatic rings. The second kappa shape index (κ2) is 6.38. The van der Waals surface area contributed by atoms with Crippen LogP contribution in [0.4, 0.5) is 0 Å². The Morgan fingerprint density at radius 3 is 2.79 bits per heavy atom. The monoisotopic (exact) mass is 260 g/mol. The number of aliphatic hydroxyl groups excluding tert-OH is 1. The lowest BCUT2D eigenvalue weighted by Gasteiger charge is -2.16. The minimum absolute atomic E-state index is 0.280. The Labute approximate surface area is 113 Å². The Morgan fingerprint density at radius 2 is 2.11 bits per heavy atom. The van der Waals surface area contributed by atoms with Gasteiger partial charge in [0.2, 0.25) is 0 Å². The van der Waals surface area contributed by atoms with E-state index in [4.69, 9.17) is 4.74 Å². The highest BCUT2D eigenvalue weighted by atomic mass is 16.5. The van der Waals surface area contributed by atoms with E-state index >= 15 is 0 Å². The van der Waals surface area contributed by atoms with Crippen molar-refractivity contribution >= 4 is 0 Å². The van der Waals surface area contributed by atoms with Gasteiger partial charge in [0.25, 0.3) is 0 Å². The summed E-state index contributed by atoms with van der Waals surface area (Å²) in [5, 5.41) is 9.94. The van der Waals surface area contributed by atoms with Crippen molar-refractivity contribution < 1.29 is 9.84 Å². The van der Waals surface area contributed by atoms with E-state index in [-0.39, 0.29) is 6.61 Å². The van der Waals surface area contributed by atoms with E-state index in [1.165, 1.54) is 0 Å². The van der Waals surface area contributed by atoms with Crippen LogP contribution in [0.2, 0.25) is 0 Å². The number of aliphatic hydroxyl groups is 1. The Balaban J connectivity index is 1.91. The lowest BCUT2D eigenvalue weighted by Crippen LogP contribution is -2.23. The van der Waals surface area contributed by atoms with Crippen molar-refractivity contribution in [1.29, 1.82) is 0 Å². The zero-order chi connectivity index (χ0) is 13.7. The minimum atomic E-state index is -0.547. The zero-order valence-corrected chi connectivity index (χ0v) is 11.4. The molecule has 102 valence electrons. The Bertz CT molecular complexity index is 495. The molecule has 1 unspecified atom stereocenters. The van der Waals surface area contributed by atoms with Crippen molar-refractivity contribution in [3.63, 3.8) is 0 Å². The van der Waals surface area contributed by atoms with Crippen molar-refractivity contribution in [1.82, 2.24) is 9.55 Å². The molecule has 2 aromatic rings. The number of para-hydroxylation sites is 1. The first kappa shape index (κ1) is 13.6. The molecule has 0 amide bonds. The van der Waals surface area contributed by atoms with Gasteiger partial charge >= 0.3 is 0 Å². The zero-order valence-electron chi connectivity index (χ0n) is 11.4. The molecule has 0 spiro atoms. The van der Waals surface area contributed by atoms with Crippen LogP contribution in [0.25, 0.3) is 0 Å². The van der Waals surface area contributed by atoms with Gasteiger partial charge in [-0.25, -0.2) is 4.98 Å². The lowest BCUT2D eigenvalue weighted by atomic mass is 10.0. The molecule has 0 aliphatic carbocycles. The highest BCUT2D eigenvalue weighted by Gasteiger charge is 2.10. The third-order valence-electron chi connectivity index (χ3n) is 2.95. The molecule has 1 aromatic carbocycles. The first-order chi connectivity index (χ1) is 9.16. The molecule has 1 atom stereocenters. The second-order valence-electron chi connectivity index (χ2n) is 4.92. The predicted molar refractivity (Wildman–Crippen MR) is 74.3 cm³/mol. The number of ether oxygens (including phenoxy) is 1. The minimum Gasteiger partial charge on any atom is -0.491 e. The molecule has 0 fully saturated rings. The van der Waals surface area contributed by atoms with Crippen LogP contribution in [0.1, 0.15) is 25.3 Å². The Morgan fingerprint density at radius 1 is 1.32 bits per heavy atom. The average Bonchev–Trinajstić information content (AvgIpc) is 2.89. The van der Waals surface area contributed by atoms with Gasteiger partial charge in [0.15, 0.2) is 0 Å². The third kappa shape index (κ3) is 3.83. The van der Waals surface area contributed by atoms with Crippen LogP contribution in [0.5, 0.6) is 5.75 Å². The van der Waals surface area contributed by atoms with E-state index in [1.807, 2.05) is 29.0 Å². The summed E-state index contributed by atoms with van der Waals surface area (Å²) in [5.74, 6) is 1.25. The van der Waals surface area contributed by atoms with E-state index in [1.54, 1.807) is 12.5 Å². The fraction of sp³-hybridized carbons (Fsp3) is 0.400. The van der Waals surface area contributed by atoms with Crippen molar-refractivity contribution in [2.75, 3.05) is 6.61 Å². The van der Waals surface area contributed by atoms with Crippen LogP contribution < -0.4 is 4.74 Å². The van der Waals surface area contributed by atoms with Crippen LogP contribution in [0.3, 0.4) is 0 Å². The van der Waals surface area contributed by atoms with Crippen molar-refractivity contribution in [2.24, 2.45) is 0 Å². The number of hydrogen-bond donors (Lipinski definition) is 1. The van der Waals surface area contributed by atoms with Crippen LogP contribution >= 0.6 is 0 Å². The molecule has 0 radical (unpaired) electrons. The average molecular weight is 260 g/mol. The maximum Gasteiger partial charge on any atom is 0.122 e. The smallest absolute Gasteiger partial charge is 0.122 e. The van der Waals surface area contributed by atoms with E-state index < -0.39 is 6.10 Å². The van der Waals surface area contributed by atoms with Crippen molar-refractivity contribution in [3.8, 4) is 5.75 Å². The largest absolute Gasteiger partial charge is 0.491 e. The summed E-state index contributed by atoms with van der Waals surface area (Å²) in [7, 11) is 0. The van der Waals surface area contributed by atoms with Gasteiger partial charge in [0, 0.05) is 12.4 Å². The summed E-state index contributed by atoms with van der Waals surface area (Å²) >= 11 is 0. The van der Waals surface area contributed by atoms with E-state index in [0.717, 1.165) is 11.3 Å². The summed E-state index contributed by atoms with van der Waals surface area (Å²) in [4.78, 5) is 3.94. The number of rotatable bonds is 6. The van der Waals surface area contributed by atoms with Gasteiger partial charge in [-0.05, 0) is 17.5 Å². The molecule has 4 heteroatoms. The van der Waals surface area contributed by atoms with Crippen LogP contribution in [0.15, 0.2) is 43.0 Å². The van der Waals surface area contributed by atoms with Crippen LogP contribution in [-0.4, -0.2) is 27.4 Å². The van der Waals surface area contributed by atoms with E-state index in [2.05, 4.69) is 24.9 Å². The molecule has 0 bridgehead atoms. The number of benzene rings is 1. The molecule has 4 nitrogen and oxygen atoms in total. The predicted octanol–water partition coefficient (Wildman–Crippen LogP) is 2.45. The third-order valence-corrected chi connectivity index (χ3v) is 2.95. The second-order valence-corrected chi connectivity index (χ2v) is 4.92. The fourth-order valence-electron chi connectivity index (χ4n) is 1.97. The summed E-state index contributed by atoms with van der Waals surface area (Å²) < 4.78 is 7.56. The SMILES string of the molecule is CC(C)c1ccccc1OCC(O)Cn1ccnc1. The maximum absolute atomic E-state index is 9.94. The Hall–Kier alpha value is -1.81. The molecule has 1 N–H and O–H groups in total. The van der Waals surface area contributed by atoms with E-state index in [0.29, 0.717) is 12.5 Å². The number of aromatic nitrogens is 2. The van der Waals surface area contributed by atoms with Gasteiger partial charge in [0.1, 0.15) is 18.5 Å². The van der Waals surface area contributed by atoms with Gasteiger partial charge in [-0.2, -0.15) is 0 Å². The lowest BCUT2D eigenvalue weighted by molar-refractivity contribution is 0.0919. The van der Waals surface area contributed by atoms with Crippen LogP contribution in [0, 0.1) is 0 Å². The first-order valence-electron chi connectivity index (χ1n) is 6.52. The normalized spacial score (nSPS) is 12.6. The van der Waals surface area contributed by atoms with Crippen LogP contribution in [-0.2, 0) is 6.54 Å². The molecule has 0 saturated heterocycles.